The number of benzene rings is 1. The van der Waals surface area contributed by atoms with E-state index < -0.39 is 30.5 Å². The van der Waals surface area contributed by atoms with Crippen LogP contribution < -0.4 is 5.32 Å². The van der Waals surface area contributed by atoms with Gasteiger partial charge in [-0.25, -0.2) is 9.37 Å². The highest BCUT2D eigenvalue weighted by Gasteiger charge is 2.34. The smallest absolute Gasteiger partial charge is 0.405 e. The molecule has 1 fully saturated rings. The molecule has 1 atom stereocenters. The van der Waals surface area contributed by atoms with E-state index in [1.165, 1.54) is 18.2 Å². The third-order valence-corrected chi connectivity index (χ3v) is 3.86. The first kappa shape index (κ1) is 16.7. The third kappa shape index (κ3) is 3.84. The normalized spacial score (nSPS) is 19.1. The van der Waals surface area contributed by atoms with Crippen molar-refractivity contribution in [3.63, 3.8) is 0 Å². The van der Waals surface area contributed by atoms with E-state index in [0.717, 1.165) is 0 Å². The molecule has 1 aromatic heterocycles. The van der Waals surface area contributed by atoms with Gasteiger partial charge in [-0.1, -0.05) is 0 Å². The van der Waals surface area contributed by atoms with E-state index >= 15 is 0 Å². The number of carbonyl (C=O) groups is 1. The van der Waals surface area contributed by atoms with Crippen LogP contribution in [0.2, 0.25) is 0 Å². The van der Waals surface area contributed by atoms with Crippen molar-refractivity contribution in [3.8, 4) is 0 Å². The van der Waals surface area contributed by atoms with Gasteiger partial charge in [0.05, 0.1) is 12.6 Å². The van der Waals surface area contributed by atoms with Crippen LogP contribution in [0.3, 0.4) is 0 Å². The number of aromatic nitrogens is 1. The molecule has 0 aliphatic carbocycles. The highest BCUT2D eigenvalue weighted by molar-refractivity contribution is 5.82. The van der Waals surface area contributed by atoms with Gasteiger partial charge in [-0.3, -0.25) is 9.69 Å². The monoisotopic (exact) mass is 345 g/mol. The molecule has 0 radical (unpaired) electrons. The van der Waals surface area contributed by atoms with E-state index in [2.05, 4.69) is 4.98 Å². The molecule has 1 amide bonds. The molecule has 1 saturated heterocycles. The second-order valence-electron chi connectivity index (χ2n) is 5.68. The molecular formula is C15H15F4N3O2. The third-order valence-electron chi connectivity index (χ3n) is 3.86. The van der Waals surface area contributed by atoms with Crippen LogP contribution in [0.4, 0.5) is 17.6 Å². The number of amides is 1. The Kier molecular flexibility index (Phi) is 4.44. The molecule has 0 saturated carbocycles. The van der Waals surface area contributed by atoms with Gasteiger partial charge in [0.1, 0.15) is 17.9 Å². The van der Waals surface area contributed by atoms with Crippen LogP contribution in [0.25, 0.3) is 11.1 Å². The number of carbonyl (C=O) groups excluding carboxylic acids is 1. The van der Waals surface area contributed by atoms with Crippen molar-refractivity contribution in [2.75, 3.05) is 13.1 Å². The number of nitrogens with zero attached hydrogens (tertiary/aromatic N) is 2. The van der Waals surface area contributed by atoms with E-state index in [-0.39, 0.29) is 6.54 Å². The van der Waals surface area contributed by atoms with Crippen LogP contribution in [0, 0.1) is 5.82 Å². The zero-order valence-electron chi connectivity index (χ0n) is 12.6. The minimum atomic E-state index is -4.44. The average molecular weight is 345 g/mol. The Morgan fingerprint density at radius 1 is 1.42 bits per heavy atom. The summed E-state index contributed by atoms with van der Waals surface area (Å²) in [5, 5.41) is 1.91. The van der Waals surface area contributed by atoms with E-state index in [1.807, 2.05) is 5.32 Å². The molecule has 0 unspecified atom stereocenters. The van der Waals surface area contributed by atoms with Crippen LogP contribution in [0.1, 0.15) is 18.7 Å². The van der Waals surface area contributed by atoms with Gasteiger partial charge < -0.3 is 9.73 Å². The van der Waals surface area contributed by atoms with Crippen molar-refractivity contribution in [1.82, 2.24) is 15.2 Å². The van der Waals surface area contributed by atoms with Crippen molar-refractivity contribution in [2.24, 2.45) is 0 Å². The summed E-state index contributed by atoms with van der Waals surface area (Å²) in [5.74, 6) is -0.800. The van der Waals surface area contributed by atoms with Crippen LogP contribution in [-0.4, -0.2) is 41.1 Å². The Morgan fingerprint density at radius 3 is 2.96 bits per heavy atom. The summed E-state index contributed by atoms with van der Waals surface area (Å²) in [6.45, 7) is -0.615. The van der Waals surface area contributed by atoms with Crippen molar-refractivity contribution < 1.29 is 26.8 Å². The second kappa shape index (κ2) is 6.39. The second-order valence-corrected chi connectivity index (χ2v) is 5.68. The van der Waals surface area contributed by atoms with Crippen molar-refractivity contribution in [1.29, 1.82) is 0 Å². The van der Waals surface area contributed by atoms with Gasteiger partial charge in [0.15, 0.2) is 5.58 Å². The maximum atomic E-state index is 13.2. The summed E-state index contributed by atoms with van der Waals surface area (Å²) >= 11 is 0. The number of oxazole rings is 1. The molecule has 0 bridgehead atoms. The molecular weight excluding hydrogens is 330 g/mol. The lowest BCUT2D eigenvalue weighted by molar-refractivity contribution is -0.141. The highest BCUT2D eigenvalue weighted by Crippen LogP contribution is 2.23. The lowest BCUT2D eigenvalue weighted by atomic mass is 10.2. The molecule has 5 nitrogen and oxygen atoms in total. The number of hydrogen-bond donors (Lipinski definition) is 1. The average Bonchev–Trinajstić information content (AvgIpc) is 3.10. The number of nitrogens with one attached hydrogen (secondary N) is 1. The number of alkyl halides is 3. The molecule has 130 valence electrons. The molecule has 9 heteroatoms. The summed E-state index contributed by atoms with van der Waals surface area (Å²) in [4.78, 5) is 17.8. The summed E-state index contributed by atoms with van der Waals surface area (Å²) in [7, 11) is 0. The van der Waals surface area contributed by atoms with Gasteiger partial charge in [-0.05, 0) is 31.5 Å². The number of rotatable bonds is 4. The van der Waals surface area contributed by atoms with Crippen LogP contribution >= 0.6 is 0 Å². The molecule has 1 aliphatic rings. The Morgan fingerprint density at radius 2 is 2.21 bits per heavy atom. The quantitative estimate of drug-likeness (QED) is 0.866. The number of fused-ring (bicyclic) bond motifs is 1. The molecule has 24 heavy (non-hydrogen) atoms. The van der Waals surface area contributed by atoms with Gasteiger partial charge in [0.2, 0.25) is 11.8 Å². The van der Waals surface area contributed by atoms with Crippen LogP contribution in [0.5, 0.6) is 0 Å². The van der Waals surface area contributed by atoms with E-state index in [1.54, 1.807) is 4.90 Å². The van der Waals surface area contributed by atoms with Crippen molar-refractivity contribution >= 4 is 17.0 Å². The summed E-state index contributed by atoms with van der Waals surface area (Å²) in [5.41, 5.74) is 0.783. The summed E-state index contributed by atoms with van der Waals surface area (Å²) < 4.78 is 55.3. The Balaban J connectivity index is 1.67. The molecule has 2 heterocycles. The molecule has 1 N–H and O–H groups in total. The number of halogens is 4. The molecule has 1 aliphatic heterocycles. The Bertz CT molecular complexity index is 744. The SMILES string of the molecule is O=C(NCC(F)(F)F)[C@@H]1CCCN1Cc1nc2cc(F)ccc2o1. The first-order valence-electron chi connectivity index (χ1n) is 7.45. The molecule has 3 rings (SSSR count). The largest absolute Gasteiger partial charge is 0.439 e. The number of likely N-dealkylation sites (tertiary alicyclic amines) is 1. The fourth-order valence-electron chi connectivity index (χ4n) is 2.81. The maximum Gasteiger partial charge on any atom is 0.405 e. The fourth-order valence-corrected chi connectivity index (χ4v) is 2.81. The van der Waals surface area contributed by atoms with Crippen LogP contribution in [0.15, 0.2) is 22.6 Å². The minimum Gasteiger partial charge on any atom is -0.439 e. The van der Waals surface area contributed by atoms with Gasteiger partial charge in [-0.15, -0.1) is 0 Å². The molecule has 0 spiro atoms. The lowest BCUT2D eigenvalue weighted by Gasteiger charge is -2.22. The van der Waals surface area contributed by atoms with Crippen molar-refractivity contribution in [3.05, 3.63) is 29.9 Å². The summed E-state index contributed by atoms with van der Waals surface area (Å²) in [6, 6.07) is 3.29. The van der Waals surface area contributed by atoms with Gasteiger partial charge in [-0.2, -0.15) is 13.2 Å². The van der Waals surface area contributed by atoms with Gasteiger partial charge in [0, 0.05) is 6.07 Å². The molecule has 1 aromatic carbocycles. The lowest BCUT2D eigenvalue weighted by Crippen LogP contribution is -2.45. The topological polar surface area (TPSA) is 58.4 Å². The van der Waals surface area contributed by atoms with Gasteiger partial charge >= 0.3 is 6.18 Å². The zero-order valence-corrected chi connectivity index (χ0v) is 12.6. The predicted molar refractivity (Wildman–Crippen MR) is 76.5 cm³/mol. The minimum absolute atomic E-state index is 0.181. The van der Waals surface area contributed by atoms with Crippen molar-refractivity contribution in [2.45, 2.75) is 31.6 Å². The molecule has 2 aromatic rings. The first-order chi connectivity index (χ1) is 11.3. The van der Waals surface area contributed by atoms with E-state index in [4.69, 9.17) is 4.42 Å². The zero-order chi connectivity index (χ0) is 17.3. The summed E-state index contributed by atoms with van der Waals surface area (Å²) in [6.07, 6.45) is -3.28. The van der Waals surface area contributed by atoms with Gasteiger partial charge in [0.25, 0.3) is 0 Å². The Hall–Kier alpha value is -2.16. The van der Waals surface area contributed by atoms with E-state index in [0.29, 0.717) is 36.4 Å². The first-order valence-corrected chi connectivity index (χ1v) is 7.45. The Labute approximate surface area is 134 Å². The predicted octanol–water partition coefficient (Wildman–Crippen LogP) is 2.61. The maximum absolute atomic E-state index is 13.2. The standard InChI is InChI=1S/C15H15F4N3O2/c16-9-3-4-12-10(6-9)21-13(24-12)7-22-5-1-2-11(22)14(23)20-8-15(17,18)19/h3-4,6,11H,1-2,5,7-8H2,(H,20,23)/t11-/m0/s1. The van der Waals surface area contributed by atoms with Crippen LogP contribution in [-0.2, 0) is 11.3 Å². The fraction of sp³-hybridized carbons (Fsp3) is 0.467. The van der Waals surface area contributed by atoms with E-state index in [9.17, 15) is 22.4 Å². The highest BCUT2D eigenvalue weighted by atomic mass is 19.4. The number of hydrogen-bond acceptors (Lipinski definition) is 4.